The first-order chi connectivity index (χ1) is 9.88. The second kappa shape index (κ2) is 5.53. The molecule has 7 nitrogen and oxygen atoms in total. The molecule has 1 aromatic carbocycles. The topological polar surface area (TPSA) is 105 Å². The van der Waals surface area contributed by atoms with Crippen LogP contribution in [0.3, 0.4) is 0 Å². The summed E-state index contributed by atoms with van der Waals surface area (Å²) < 4.78 is 13.8. The Labute approximate surface area is 118 Å². The quantitative estimate of drug-likeness (QED) is 0.662. The van der Waals surface area contributed by atoms with Crippen LogP contribution in [0.4, 0.5) is 21.6 Å². The SMILES string of the molecule is Cc1ccc([N+](=O)[O-])c(Nc2ccc(C(=O)O)cc2F)n1. The van der Waals surface area contributed by atoms with Gasteiger partial charge in [-0.15, -0.1) is 0 Å². The van der Waals surface area contributed by atoms with Crippen LogP contribution in [0.2, 0.25) is 0 Å². The lowest BCUT2D eigenvalue weighted by atomic mass is 10.2. The number of benzene rings is 1. The normalized spacial score (nSPS) is 10.2. The van der Waals surface area contributed by atoms with E-state index >= 15 is 0 Å². The van der Waals surface area contributed by atoms with Crippen molar-refractivity contribution in [3.05, 3.63) is 57.5 Å². The van der Waals surface area contributed by atoms with Crippen molar-refractivity contribution in [2.24, 2.45) is 0 Å². The summed E-state index contributed by atoms with van der Waals surface area (Å²) in [6.07, 6.45) is 0. The first kappa shape index (κ1) is 14.4. The average molecular weight is 291 g/mol. The molecule has 2 aromatic rings. The summed E-state index contributed by atoms with van der Waals surface area (Å²) in [7, 11) is 0. The van der Waals surface area contributed by atoms with E-state index in [9.17, 15) is 19.3 Å². The molecule has 0 saturated heterocycles. The van der Waals surface area contributed by atoms with E-state index in [1.807, 2.05) is 0 Å². The Kier molecular flexibility index (Phi) is 3.79. The highest BCUT2D eigenvalue weighted by Crippen LogP contribution is 2.27. The molecule has 0 aliphatic heterocycles. The summed E-state index contributed by atoms with van der Waals surface area (Å²) in [5.74, 6) is -2.21. The molecule has 8 heteroatoms. The summed E-state index contributed by atoms with van der Waals surface area (Å²) in [4.78, 5) is 24.9. The molecule has 0 aliphatic carbocycles. The zero-order valence-electron chi connectivity index (χ0n) is 10.8. The van der Waals surface area contributed by atoms with E-state index in [2.05, 4.69) is 10.3 Å². The molecule has 2 N–H and O–H groups in total. The number of aryl methyl sites for hydroxylation is 1. The third-order valence-corrected chi connectivity index (χ3v) is 2.68. The lowest BCUT2D eigenvalue weighted by molar-refractivity contribution is -0.384. The molecular formula is C13H10FN3O4. The number of nitrogens with zero attached hydrogens (tertiary/aromatic N) is 2. The van der Waals surface area contributed by atoms with Crippen LogP contribution < -0.4 is 5.32 Å². The lowest BCUT2D eigenvalue weighted by Gasteiger charge is -2.08. The van der Waals surface area contributed by atoms with Crippen molar-refractivity contribution in [3.8, 4) is 0 Å². The van der Waals surface area contributed by atoms with Gasteiger partial charge in [0, 0.05) is 11.8 Å². The number of rotatable bonds is 4. The van der Waals surface area contributed by atoms with Gasteiger partial charge in [-0.3, -0.25) is 10.1 Å². The van der Waals surface area contributed by atoms with Gasteiger partial charge in [-0.2, -0.15) is 0 Å². The standard InChI is InChI=1S/C13H10FN3O4/c1-7-2-5-11(17(20)21)12(15-7)16-10-4-3-8(13(18)19)6-9(10)14/h2-6H,1H3,(H,15,16)(H,18,19). The van der Waals surface area contributed by atoms with Crippen LogP contribution in [0.15, 0.2) is 30.3 Å². The fourth-order valence-corrected chi connectivity index (χ4v) is 1.67. The minimum atomic E-state index is -1.26. The predicted molar refractivity (Wildman–Crippen MR) is 72.3 cm³/mol. The smallest absolute Gasteiger partial charge is 0.335 e. The number of anilines is 2. The maximum atomic E-state index is 13.8. The van der Waals surface area contributed by atoms with Gasteiger partial charge in [0.05, 0.1) is 16.2 Å². The van der Waals surface area contributed by atoms with E-state index in [-0.39, 0.29) is 22.8 Å². The fourth-order valence-electron chi connectivity index (χ4n) is 1.67. The number of pyridine rings is 1. The molecule has 1 heterocycles. The van der Waals surface area contributed by atoms with Crippen LogP contribution in [0.1, 0.15) is 16.1 Å². The second-order valence-corrected chi connectivity index (χ2v) is 4.20. The molecule has 21 heavy (non-hydrogen) atoms. The number of aromatic nitrogens is 1. The molecule has 0 amide bonds. The maximum Gasteiger partial charge on any atom is 0.335 e. The van der Waals surface area contributed by atoms with Gasteiger partial charge >= 0.3 is 11.7 Å². The van der Waals surface area contributed by atoms with Crippen molar-refractivity contribution in [1.29, 1.82) is 0 Å². The van der Waals surface area contributed by atoms with Crippen molar-refractivity contribution in [2.45, 2.75) is 6.92 Å². The highest BCUT2D eigenvalue weighted by Gasteiger charge is 2.17. The molecule has 2 rings (SSSR count). The highest BCUT2D eigenvalue weighted by molar-refractivity contribution is 5.88. The zero-order valence-corrected chi connectivity index (χ0v) is 10.8. The Hall–Kier alpha value is -3.03. The van der Waals surface area contributed by atoms with Crippen LogP contribution in [0.25, 0.3) is 0 Å². The number of nitrogens with one attached hydrogen (secondary N) is 1. The Morgan fingerprint density at radius 2 is 2.10 bits per heavy atom. The number of aromatic carboxylic acids is 1. The monoisotopic (exact) mass is 291 g/mol. The van der Waals surface area contributed by atoms with Crippen LogP contribution >= 0.6 is 0 Å². The fraction of sp³-hybridized carbons (Fsp3) is 0.0769. The van der Waals surface area contributed by atoms with Crippen LogP contribution in [0.5, 0.6) is 0 Å². The summed E-state index contributed by atoms with van der Waals surface area (Å²) in [6.45, 7) is 1.64. The van der Waals surface area contributed by atoms with Crippen molar-refractivity contribution in [2.75, 3.05) is 5.32 Å². The Bertz CT molecular complexity index is 733. The summed E-state index contributed by atoms with van der Waals surface area (Å²) in [6, 6.07) is 5.93. The molecule has 1 aromatic heterocycles. The number of halogens is 1. The minimum absolute atomic E-state index is 0.0961. The molecular weight excluding hydrogens is 281 g/mol. The van der Waals surface area contributed by atoms with Gasteiger partial charge in [0.2, 0.25) is 5.82 Å². The van der Waals surface area contributed by atoms with Crippen molar-refractivity contribution in [1.82, 2.24) is 4.98 Å². The number of carbonyl (C=O) groups is 1. The average Bonchev–Trinajstić information content (AvgIpc) is 2.40. The third kappa shape index (κ3) is 3.11. The molecule has 108 valence electrons. The molecule has 0 atom stereocenters. The molecule has 0 saturated carbocycles. The van der Waals surface area contributed by atoms with E-state index in [1.165, 1.54) is 24.3 Å². The lowest BCUT2D eigenvalue weighted by Crippen LogP contribution is -2.03. The van der Waals surface area contributed by atoms with Gasteiger partial charge in [-0.1, -0.05) is 0 Å². The Morgan fingerprint density at radius 1 is 1.38 bits per heavy atom. The molecule has 0 aliphatic rings. The summed E-state index contributed by atoms with van der Waals surface area (Å²) >= 11 is 0. The van der Waals surface area contributed by atoms with Gasteiger partial charge in [-0.25, -0.2) is 14.2 Å². The van der Waals surface area contributed by atoms with E-state index in [4.69, 9.17) is 5.11 Å². The molecule has 0 bridgehead atoms. The second-order valence-electron chi connectivity index (χ2n) is 4.20. The molecule has 0 unspecified atom stereocenters. The minimum Gasteiger partial charge on any atom is -0.478 e. The van der Waals surface area contributed by atoms with Crippen LogP contribution in [0, 0.1) is 22.9 Å². The first-order valence-electron chi connectivity index (χ1n) is 5.80. The Balaban J connectivity index is 2.40. The van der Waals surface area contributed by atoms with Gasteiger partial charge in [0.15, 0.2) is 0 Å². The van der Waals surface area contributed by atoms with Gasteiger partial charge in [0.25, 0.3) is 0 Å². The van der Waals surface area contributed by atoms with Crippen molar-refractivity contribution >= 4 is 23.2 Å². The number of carboxylic acid groups (broad SMARTS) is 1. The van der Waals surface area contributed by atoms with Gasteiger partial charge < -0.3 is 10.4 Å². The highest BCUT2D eigenvalue weighted by atomic mass is 19.1. The van der Waals surface area contributed by atoms with Crippen LogP contribution in [-0.4, -0.2) is 21.0 Å². The maximum absolute atomic E-state index is 13.8. The molecule has 0 fully saturated rings. The number of hydrogen-bond donors (Lipinski definition) is 2. The van der Waals surface area contributed by atoms with Gasteiger partial charge in [0.1, 0.15) is 5.82 Å². The third-order valence-electron chi connectivity index (χ3n) is 2.68. The van der Waals surface area contributed by atoms with E-state index in [0.717, 1.165) is 6.07 Å². The van der Waals surface area contributed by atoms with Crippen molar-refractivity contribution < 1.29 is 19.2 Å². The number of hydrogen-bond acceptors (Lipinski definition) is 5. The molecule has 0 spiro atoms. The van der Waals surface area contributed by atoms with Gasteiger partial charge in [-0.05, 0) is 31.2 Å². The largest absolute Gasteiger partial charge is 0.478 e. The predicted octanol–water partition coefficient (Wildman–Crippen LogP) is 2.88. The number of carboxylic acids is 1. The summed E-state index contributed by atoms with van der Waals surface area (Å²) in [5, 5.41) is 22.2. The molecule has 0 radical (unpaired) electrons. The Morgan fingerprint density at radius 3 is 2.67 bits per heavy atom. The van der Waals surface area contributed by atoms with E-state index < -0.39 is 16.7 Å². The number of nitro groups is 1. The van der Waals surface area contributed by atoms with E-state index in [1.54, 1.807) is 6.92 Å². The summed E-state index contributed by atoms with van der Waals surface area (Å²) in [5.41, 5.74) is -0.0982. The zero-order chi connectivity index (χ0) is 15.6. The van der Waals surface area contributed by atoms with Crippen molar-refractivity contribution in [3.63, 3.8) is 0 Å². The first-order valence-corrected chi connectivity index (χ1v) is 5.80. The van der Waals surface area contributed by atoms with Crippen LogP contribution in [-0.2, 0) is 0 Å². The van der Waals surface area contributed by atoms with E-state index in [0.29, 0.717) is 5.69 Å².